The number of phenols is 1. The van der Waals surface area contributed by atoms with Crippen LogP contribution in [-0.2, 0) is 16.0 Å². The third-order valence-electron chi connectivity index (χ3n) is 2.76. The van der Waals surface area contributed by atoms with Crippen LogP contribution in [0.4, 0.5) is 0 Å². The van der Waals surface area contributed by atoms with Crippen LogP contribution in [0.25, 0.3) is 0 Å². The number of esters is 1. The molecule has 0 bridgehead atoms. The minimum Gasteiger partial charge on any atom is -0.508 e. The number of aromatic hydroxyl groups is 1. The largest absolute Gasteiger partial charge is 0.508 e. The molecule has 0 aliphatic heterocycles. The molecule has 0 amide bonds. The van der Waals surface area contributed by atoms with Gasteiger partial charge in [-0.3, -0.25) is 4.79 Å². The fourth-order valence-electron chi connectivity index (χ4n) is 1.74. The summed E-state index contributed by atoms with van der Waals surface area (Å²) in [6, 6.07) is 7.56. The van der Waals surface area contributed by atoms with Gasteiger partial charge in [0.25, 0.3) is 0 Å². The molecule has 1 aromatic rings. The summed E-state index contributed by atoms with van der Waals surface area (Å²) in [5.74, 6) is 0.125. The van der Waals surface area contributed by atoms with E-state index in [9.17, 15) is 9.90 Å². The van der Waals surface area contributed by atoms with Crippen LogP contribution in [-0.4, -0.2) is 30.8 Å². The van der Waals surface area contributed by atoms with Gasteiger partial charge in [-0.1, -0.05) is 12.1 Å². The lowest BCUT2D eigenvalue weighted by Crippen LogP contribution is -2.29. The number of carbonyl (C=O) groups excluding carboxylic acids is 1. The maximum absolute atomic E-state index is 10.9. The van der Waals surface area contributed by atoms with E-state index in [4.69, 9.17) is 0 Å². The minimum atomic E-state index is -0.164. The molecule has 1 aromatic carbocycles. The molecule has 1 rings (SSSR count). The van der Waals surface area contributed by atoms with Crippen LogP contribution in [0.3, 0.4) is 0 Å². The summed E-state index contributed by atoms with van der Waals surface area (Å²) in [6.07, 6.45) is 2.14. The van der Waals surface area contributed by atoms with Crippen molar-refractivity contribution in [1.82, 2.24) is 5.32 Å². The Balaban J connectivity index is 2.19. The topological polar surface area (TPSA) is 58.6 Å². The molecule has 0 aliphatic rings. The zero-order valence-electron chi connectivity index (χ0n) is 11.0. The molecule has 0 heterocycles. The van der Waals surface area contributed by atoms with Crippen LogP contribution in [0.15, 0.2) is 24.3 Å². The molecule has 1 unspecified atom stereocenters. The van der Waals surface area contributed by atoms with Crippen LogP contribution in [0, 0.1) is 0 Å². The van der Waals surface area contributed by atoms with Gasteiger partial charge in [0.2, 0.25) is 0 Å². The summed E-state index contributed by atoms with van der Waals surface area (Å²) in [5, 5.41) is 12.5. The number of hydrogen-bond donors (Lipinski definition) is 2. The van der Waals surface area contributed by atoms with E-state index in [0.717, 1.165) is 19.4 Å². The first-order valence-electron chi connectivity index (χ1n) is 6.20. The van der Waals surface area contributed by atoms with Crippen molar-refractivity contribution in [3.05, 3.63) is 29.8 Å². The Bertz CT molecular complexity index is 362. The van der Waals surface area contributed by atoms with Crippen molar-refractivity contribution in [3.8, 4) is 5.75 Å². The predicted octanol–water partition coefficient (Wildman–Crippen LogP) is 1.87. The third kappa shape index (κ3) is 5.68. The van der Waals surface area contributed by atoms with Crippen molar-refractivity contribution in [2.24, 2.45) is 0 Å². The minimum absolute atomic E-state index is 0.164. The Kier molecular flexibility index (Phi) is 6.22. The van der Waals surface area contributed by atoms with Gasteiger partial charge >= 0.3 is 5.97 Å². The van der Waals surface area contributed by atoms with Crippen molar-refractivity contribution < 1.29 is 14.6 Å². The van der Waals surface area contributed by atoms with Crippen LogP contribution < -0.4 is 5.32 Å². The second-order valence-electron chi connectivity index (χ2n) is 4.41. The summed E-state index contributed by atoms with van der Waals surface area (Å²) in [5.41, 5.74) is 1.18. The van der Waals surface area contributed by atoms with Gasteiger partial charge in [-0.2, -0.15) is 0 Å². The summed E-state index contributed by atoms with van der Waals surface area (Å²) in [4.78, 5) is 10.9. The average Bonchev–Trinajstić information content (AvgIpc) is 2.37. The van der Waals surface area contributed by atoms with E-state index >= 15 is 0 Å². The number of methoxy groups -OCH3 is 1. The monoisotopic (exact) mass is 251 g/mol. The molecule has 0 spiro atoms. The predicted molar refractivity (Wildman–Crippen MR) is 70.5 cm³/mol. The van der Waals surface area contributed by atoms with Crippen molar-refractivity contribution in [2.75, 3.05) is 13.7 Å². The molecular weight excluding hydrogens is 230 g/mol. The Morgan fingerprint density at radius 1 is 1.39 bits per heavy atom. The molecule has 18 heavy (non-hydrogen) atoms. The summed E-state index contributed by atoms with van der Waals surface area (Å²) >= 11 is 0. The Morgan fingerprint density at radius 2 is 2.06 bits per heavy atom. The van der Waals surface area contributed by atoms with Gasteiger partial charge < -0.3 is 15.2 Å². The third-order valence-corrected chi connectivity index (χ3v) is 2.76. The number of benzene rings is 1. The van der Waals surface area contributed by atoms with E-state index in [1.165, 1.54) is 12.7 Å². The molecule has 1 atom stereocenters. The van der Waals surface area contributed by atoms with Gasteiger partial charge in [0.05, 0.1) is 7.11 Å². The molecule has 0 radical (unpaired) electrons. The Hall–Kier alpha value is -1.55. The highest BCUT2D eigenvalue weighted by Gasteiger charge is 2.04. The number of nitrogens with one attached hydrogen (secondary N) is 1. The van der Waals surface area contributed by atoms with Gasteiger partial charge in [-0.15, -0.1) is 0 Å². The van der Waals surface area contributed by atoms with E-state index in [1.807, 2.05) is 12.1 Å². The SMILES string of the molecule is COC(=O)CCCNC(C)Cc1ccc(O)cc1. The molecule has 0 aromatic heterocycles. The Labute approximate surface area is 108 Å². The number of carbonyl (C=O) groups is 1. The van der Waals surface area contributed by atoms with E-state index in [1.54, 1.807) is 12.1 Å². The van der Waals surface area contributed by atoms with Crippen LogP contribution in [0.1, 0.15) is 25.3 Å². The fraction of sp³-hybridized carbons (Fsp3) is 0.500. The molecule has 0 saturated carbocycles. The summed E-state index contributed by atoms with van der Waals surface area (Å²) in [6.45, 7) is 2.90. The van der Waals surface area contributed by atoms with E-state index in [2.05, 4.69) is 17.0 Å². The lowest BCUT2D eigenvalue weighted by molar-refractivity contribution is -0.140. The highest BCUT2D eigenvalue weighted by molar-refractivity contribution is 5.69. The molecular formula is C14H21NO3. The van der Waals surface area contributed by atoms with Crippen molar-refractivity contribution >= 4 is 5.97 Å². The van der Waals surface area contributed by atoms with Gasteiger partial charge in [-0.05, 0) is 44.0 Å². The van der Waals surface area contributed by atoms with Gasteiger partial charge in [0, 0.05) is 12.5 Å². The standard InChI is InChI=1S/C14H21NO3/c1-11(15-9-3-4-14(17)18-2)10-12-5-7-13(16)8-6-12/h5-8,11,15-16H,3-4,9-10H2,1-2H3. The molecule has 2 N–H and O–H groups in total. The van der Waals surface area contributed by atoms with Gasteiger partial charge in [-0.25, -0.2) is 0 Å². The first-order valence-corrected chi connectivity index (χ1v) is 6.20. The maximum Gasteiger partial charge on any atom is 0.305 e. The van der Waals surface area contributed by atoms with Crippen molar-refractivity contribution in [3.63, 3.8) is 0 Å². The lowest BCUT2D eigenvalue weighted by Gasteiger charge is -2.13. The molecule has 0 fully saturated rings. The highest BCUT2D eigenvalue weighted by Crippen LogP contribution is 2.11. The molecule has 0 saturated heterocycles. The van der Waals surface area contributed by atoms with Crippen molar-refractivity contribution in [1.29, 1.82) is 0 Å². The quantitative estimate of drug-likeness (QED) is 0.573. The highest BCUT2D eigenvalue weighted by atomic mass is 16.5. The normalized spacial score (nSPS) is 12.1. The Morgan fingerprint density at radius 3 is 2.67 bits per heavy atom. The van der Waals surface area contributed by atoms with E-state index in [0.29, 0.717) is 12.5 Å². The maximum atomic E-state index is 10.9. The van der Waals surface area contributed by atoms with Gasteiger partial charge in [0.1, 0.15) is 5.75 Å². The van der Waals surface area contributed by atoms with E-state index < -0.39 is 0 Å². The van der Waals surface area contributed by atoms with Crippen molar-refractivity contribution in [2.45, 2.75) is 32.2 Å². The number of rotatable bonds is 7. The number of hydrogen-bond acceptors (Lipinski definition) is 4. The van der Waals surface area contributed by atoms with Crippen LogP contribution >= 0.6 is 0 Å². The second-order valence-corrected chi connectivity index (χ2v) is 4.41. The zero-order valence-corrected chi connectivity index (χ0v) is 11.0. The fourth-order valence-corrected chi connectivity index (χ4v) is 1.74. The number of ether oxygens (including phenoxy) is 1. The van der Waals surface area contributed by atoms with Crippen LogP contribution in [0.5, 0.6) is 5.75 Å². The zero-order chi connectivity index (χ0) is 13.4. The first-order chi connectivity index (χ1) is 8.61. The van der Waals surface area contributed by atoms with Crippen LogP contribution in [0.2, 0.25) is 0 Å². The molecule has 4 heteroatoms. The number of phenolic OH excluding ortho intramolecular Hbond substituents is 1. The summed E-state index contributed by atoms with van der Waals surface area (Å²) in [7, 11) is 1.41. The molecule has 4 nitrogen and oxygen atoms in total. The molecule has 100 valence electrons. The van der Waals surface area contributed by atoms with Gasteiger partial charge in [0.15, 0.2) is 0 Å². The second kappa shape index (κ2) is 7.71. The molecule has 0 aliphatic carbocycles. The summed E-state index contributed by atoms with van der Waals surface area (Å²) < 4.78 is 4.57. The lowest BCUT2D eigenvalue weighted by atomic mass is 10.1. The van der Waals surface area contributed by atoms with E-state index in [-0.39, 0.29) is 11.7 Å². The smallest absolute Gasteiger partial charge is 0.305 e. The average molecular weight is 251 g/mol. The first kappa shape index (κ1) is 14.5.